The lowest BCUT2D eigenvalue weighted by Gasteiger charge is -2.34. The number of nitrogens with zero attached hydrogens (tertiary/aromatic N) is 3. The number of ketones is 2. The first kappa shape index (κ1) is 45.6. The predicted molar refractivity (Wildman–Crippen MR) is 240 cm³/mol. The molecule has 3 amide bonds. The number of allylic oxidation sites excluding steroid dienone is 2. The highest BCUT2D eigenvalue weighted by Gasteiger charge is 2.37. The summed E-state index contributed by atoms with van der Waals surface area (Å²) in [6.07, 6.45) is 15.2. The van der Waals surface area contributed by atoms with Crippen molar-refractivity contribution in [3.05, 3.63) is 117 Å². The molecule has 3 aromatic rings. The van der Waals surface area contributed by atoms with E-state index in [1.165, 1.54) is 12.5 Å². The van der Waals surface area contributed by atoms with Crippen LogP contribution in [0.5, 0.6) is 5.75 Å². The van der Waals surface area contributed by atoms with Gasteiger partial charge in [-0.2, -0.15) is 5.26 Å². The van der Waals surface area contributed by atoms with Crippen LogP contribution >= 0.6 is 11.6 Å². The van der Waals surface area contributed by atoms with Crippen LogP contribution in [0.4, 0.5) is 0 Å². The largest absolute Gasteiger partial charge is 0.490 e. The maximum atomic E-state index is 13.6. The minimum atomic E-state index is -0.802. The second kappa shape index (κ2) is 20.8. The molecule has 0 spiro atoms. The quantitative estimate of drug-likeness (QED) is 0.0604. The molecule has 0 bridgehead atoms. The summed E-state index contributed by atoms with van der Waals surface area (Å²) >= 11 is 6.21. The summed E-state index contributed by atoms with van der Waals surface area (Å²) in [4.78, 5) is 70.8. The maximum Gasteiger partial charge on any atom is 0.256 e. The Morgan fingerprint density at radius 3 is 2.51 bits per heavy atom. The Bertz CT molecular complexity index is 2340. The number of aromatic nitrogens is 1. The number of Topliss-reactive ketones (excluding diaryl/α,β-unsaturated/α-hetero) is 2. The molecule has 12 heteroatoms. The molecule has 330 valence electrons. The van der Waals surface area contributed by atoms with Crippen LogP contribution in [-0.2, 0) is 33.7 Å². The van der Waals surface area contributed by atoms with Gasteiger partial charge in [-0.3, -0.25) is 34.3 Å². The van der Waals surface area contributed by atoms with Gasteiger partial charge in [0, 0.05) is 47.3 Å². The second-order valence-corrected chi connectivity index (χ2v) is 17.9. The van der Waals surface area contributed by atoms with Crippen molar-refractivity contribution in [2.75, 3.05) is 0 Å². The highest BCUT2D eigenvalue weighted by molar-refractivity contribution is 6.31. The Kier molecular flexibility index (Phi) is 15.1. The van der Waals surface area contributed by atoms with Crippen molar-refractivity contribution in [1.29, 1.82) is 5.26 Å². The molecule has 2 aliphatic heterocycles. The van der Waals surface area contributed by atoms with Gasteiger partial charge in [0.1, 0.15) is 11.8 Å². The van der Waals surface area contributed by atoms with Gasteiger partial charge in [0.25, 0.3) is 5.91 Å². The van der Waals surface area contributed by atoms with E-state index < -0.39 is 17.6 Å². The minimum absolute atomic E-state index is 0.0335. The highest BCUT2D eigenvalue weighted by Crippen LogP contribution is 2.34. The van der Waals surface area contributed by atoms with Gasteiger partial charge in [-0.25, -0.2) is 0 Å². The normalized spacial score (nSPS) is 21.7. The summed E-state index contributed by atoms with van der Waals surface area (Å²) in [5, 5.41) is 11.8. The van der Waals surface area contributed by atoms with Crippen molar-refractivity contribution < 1.29 is 33.4 Å². The molecule has 3 unspecified atom stereocenters. The molecular weight excluding hydrogens is 816 g/mol. The summed E-state index contributed by atoms with van der Waals surface area (Å²) in [6, 6.07) is 16.7. The van der Waals surface area contributed by atoms with Crippen LogP contribution in [0.25, 0.3) is 0 Å². The number of carbonyl (C=O) groups excluding carboxylic acids is 5. The topological polar surface area (TPSA) is 156 Å². The van der Waals surface area contributed by atoms with E-state index in [0.29, 0.717) is 40.4 Å². The molecule has 2 aromatic carbocycles. The van der Waals surface area contributed by atoms with Crippen molar-refractivity contribution >= 4 is 40.9 Å². The molecule has 3 heterocycles. The fraction of sp³-hybridized carbons (Fsp3) is 0.471. The zero-order chi connectivity index (χ0) is 44.6. The number of hydrogen-bond acceptors (Lipinski definition) is 9. The number of ether oxygens (including phenoxy) is 2. The van der Waals surface area contributed by atoms with Gasteiger partial charge < -0.3 is 14.4 Å². The third kappa shape index (κ3) is 11.2. The average molecular weight is 873 g/mol. The fourth-order valence-electron chi connectivity index (χ4n) is 9.57. The first-order chi connectivity index (χ1) is 30.4. The standard InChI is InChI=1S/C51H57ClN4O7/c1-4-7-38(10-6-9-34-13-22-43(32(3)57)45(27-34)49(59)31(2)42-24-25-48(58)55-50(42)60)62-39-11-5-8-33(12-18-39)26-36-15-23-44-47(54-36)30-56(51(44)61)37-16-20-40(21-17-37)63-41-19-14-35(29-53)46(52)28-41/h8,13-15,19,22-23,27-28,37-40,42H,2,4-7,9-12,16-18,20-21,24-26,30H2,1,3H3,(H,55,58,60). The Morgan fingerprint density at radius 1 is 0.968 bits per heavy atom. The Labute approximate surface area is 375 Å². The molecule has 4 aliphatic rings. The van der Waals surface area contributed by atoms with E-state index in [9.17, 15) is 24.0 Å². The Hall–Kier alpha value is -5.44. The van der Waals surface area contributed by atoms with Crippen LogP contribution in [0, 0.1) is 17.2 Å². The van der Waals surface area contributed by atoms with Gasteiger partial charge in [-0.05, 0) is 126 Å². The van der Waals surface area contributed by atoms with Gasteiger partial charge in [0.15, 0.2) is 11.6 Å². The van der Waals surface area contributed by atoms with Crippen molar-refractivity contribution in [3.63, 3.8) is 0 Å². The number of benzene rings is 2. The molecule has 1 N–H and O–H groups in total. The number of halogens is 1. The molecular formula is C51H57ClN4O7. The molecule has 0 radical (unpaired) electrons. The monoisotopic (exact) mass is 872 g/mol. The number of nitrogens with one attached hydrogen (secondary N) is 1. The third-order valence-electron chi connectivity index (χ3n) is 13.1. The number of aryl methyl sites for hydroxylation is 1. The SMILES string of the molecule is C=C(C(=O)c1cc(CCCC(CCC)OC2CCC=C(Cc3ccc4c(n3)CN(C3CCC(Oc5ccc(C#N)c(Cl)c5)CC3)C4=O)CC2)ccc1C(C)=O)C1CCC(=O)NC1=O. The molecule has 3 atom stereocenters. The maximum absolute atomic E-state index is 13.6. The van der Waals surface area contributed by atoms with E-state index in [0.717, 1.165) is 100 Å². The Morgan fingerprint density at radius 2 is 1.78 bits per heavy atom. The summed E-state index contributed by atoms with van der Waals surface area (Å²) in [5.41, 5.74) is 5.88. The molecule has 1 saturated heterocycles. The van der Waals surface area contributed by atoms with Crippen LogP contribution in [0.1, 0.15) is 157 Å². The summed E-state index contributed by atoms with van der Waals surface area (Å²) in [5.74, 6) is -1.66. The second-order valence-electron chi connectivity index (χ2n) is 17.5. The van der Waals surface area contributed by atoms with Crippen molar-refractivity contribution in [2.45, 2.75) is 147 Å². The number of pyridine rings is 1. The zero-order valence-corrected chi connectivity index (χ0v) is 37.1. The van der Waals surface area contributed by atoms with E-state index in [1.54, 1.807) is 30.3 Å². The molecule has 1 saturated carbocycles. The van der Waals surface area contributed by atoms with Gasteiger partial charge in [0.05, 0.1) is 52.6 Å². The van der Waals surface area contributed by atoms with Crippen LogP contribution in [0.3, 0.4) is 0 Å². The minimum Gasteiger partial charge on any atom is -0.490 e. The van der Waals surface area contributed by atoms with E-state index >= 15 is 0 Å². The first-order valence-corrected chi connectivity index (χ1v) is 23.0. The first-order valence-electron chi connectivity index (χ1n) is 22.6. The molecule has 7 rings (SSSR count). The predicted octanol–water partition coefficient (Wildman–Crippen LogP) is 9.57. The highest BCUT2D eigenvalue weighted by atomic mass is 35.5. The molecule has 11 nitrogen and oxygen atoms in total. The van der Waals surface area contributed by atoms with Gasteiger partial charge >= 0.3 is 0 Å². The Balaban J connectivity index is 0.873. The number of hydrogen-bond donors (Lipinski definition) is 1. The number of nitriles is 1. The summed E-state index contributed by atoms with van der Waals surface area (Å²) in [6.45, 7) is 8.04. The average Bonchev–Trinajstić information content (AvgIpc) is 3.43. The van der Waals surface area contributed by atoms with Gasteiger partial charge in [-0.1, -0.05) is 55.3 Å². The van der Waals surface area contributed by atoms with Crippen molar-refractivity contribution in [2.24, 2.45) is 5.92 Å². The summed E-state index contributed by atoms with van der Waals surface area (Å²) < 4.78 is 13.0. The third-order valence-corrected chi connectivity index (χ3v) is 13.4. The van der Waals surface area contributed by atoms with E-state index in [1.807, 2.05) is 23.1 Å². The summed E-state index contributed by atoms with van der Waals surface area (Å²) in [7, 11) is 0. The number of piperidine rings is 1. The number of fused-ring (bicyclic) bond motifs is 1. The smallest absolute Gasteiger partial charge is 0.256 e. The number of imide groups is 1. The molecule has 63 heavy (non-hydrogen) atoms. The zero-order valence-electron chi connectivity index (χ0n) is 36.4. The van der Waals surface area contributed by atoms with Crippen LogP contribution in [-0.4, -0.2) is 63.5 Å². The number of rotatable bonds is 17. The van der Waals surface area contributed by atoms with Crippen LogP contribution in [0.15, 0.2) is 72.3 Å². The van der Waals surface area contributed by atoms with Crippen LogP contribution in [0.2, 0.25) is 5.02 Å². The van der Waals surface area contributed by atoms with Crippen molar-refractivity contribution in [3.8, 4) is 11.8 Å². The molecule has 2 aliphatic carbocycles. The molecule has 2 fully saturated rings. The van der Waals surface area contributed by atoms with Crippen molar-refractivity contribution in [1.82, 2.24) is 15.2 Å². The van der Waals surface area contributed by atoms with Gasteiger partial charge in [-0.15, -0.1) is 0 Å². The number of carbonyl (C=O) groups is 5. The lowest BCUT2D eigenvalue weighted by atomic mass is 9.84. The number of amides is 3. The molecule has 1 aromatic heterocycles. The van der Waals surface area contributed by atoms with E-state index in [-0.39, 0.29) is 65.9 Å². The van der Waals surface area contributed by atoms with Crippen LogP contribution < -0.4 is 10.1 Å². The fourth-order valence-corrected chi connectivity index (χ4v) is 9.79. The van der Waals surface area contributed by atoms with E-state index in [4.69, 9.17) is 31.3 Å². The lowest BCUT2D eigenvalue weighted by molar-refractivity contribution is -0.135. The lowest BCUT2D eigenvalue weighted by Crippen LogP contribution is -2.42. The van der Waals surface area contributed by atoms with Gasteiger partial charge in [0.2, 0.25) is 11.8 Å². The van der Waals surface area contributed by atoms with E-state index in [2.05, 4.69) is 31.0 Å².